The van der Waals surface area contributed by atoms with Crippen molar-refractivity contribution < 1.29 is 22.4 Å². The zero-order valence-corrected chi connectivity index (χ0v) is 11.9. The second kappa shape index (κ2) is 5.41. The van der Waals surface area contributed by atoms with Gasteiger partial charge >= 0.3 is 6.18 Å². The van der Waals surface area contributed by atoms with Crippen LogP contribution >= 0.6 is 0 Å². The van der Waals surface area contributed by atoms with Crippen LogP contribution in [0.5, 0.6) is 0 Å². The highest BCUT2D eigenvalue weighted by atomic mass is 19.4. The smallest absolute Gasteiger partial charge is 0.406 e. The summed E-state index contributed by atoms with van der Waals surface area (Å²) in [5.41, 5.74) is 1.07. The summed E-state index contributed by atoms with van der Waals surface area (Å²) in [6.45, 7) is -1.33. The molecule has 0 unspecified atom stereocenters. The van der Waals surface area contributed by atoms with Crippen molar-refractivity contribution in [2.45, 2.75) is 6.18 Å². The van der Waals surface area contributed by atoms with E-state index >= 15 is 0 Å². The van der Waals surface area contributed by atoms with E-state index in [-0.39, 0.29) is 11.3 Å². The van der Waals surface area contributed by atoms with E-state index < -0.39 is 18.6 Å². The van der Waals surface area contributed by atoms with E-state index in [9.17, 15) is 18.0 Å². The number of aromatic amines is 1. The Morgan fingerprint density at radius 3 is 2.91 bits per heavy atom. The standard InChI is InChI=1S/C14H11F3N4O2/c1-21(6-14(15,16)17)13(22)8-4-10(23-5-8)11-9-2-3-18-12(9)20-7-19-11/h2-5,7H,6H2,1H3,(H,18,19,20). The van der Waals surface area contributed by atoms with Gasteiger partial charge in [0.1, 0.15) is 30.5 Å². The summed E-state index contributed by atoms with van der Waals surface area (Å²) >= 11 is 0. The first-order valence-electron chi connectivity index (χ1n) is 6.54. The van der Waals surface area contributed by atoms with Crippen molar-refractivity contribution in [1.82, 2.24) is 19.9 Å². The minimum atomic E-state index is -4.46. The van der Waals surface area contributed by atoms with Gasteiger partial charge in [0.15, 0.2) is 5.76 Å². The molecule has 0 aliphatic carbocycles. The molecule has 6 nitrogen and oxygen atoms in total. The lowest BCUT2D eigenvalue weighted by Crippen LogP contribution is -2.35. The Balaban J connectivity index is 1.89. The van der Waals surface area contributed by atoms with Gasteiger partial charge in [-0.15, -0.1) is 0 Å². The number of furan rings is 1. The van der Waals surface area contributed by atoms with Crippen LogP contribution in [-0.2, 0) is 0 Å². The number of hydrogen-bond acceptors (Lipinski definition) is 4. The first-order valence-corrected chi connectivity index (χ1v) is 6.54. The summed E-state index contributed by atoms with van der Waals surface area (Å²) < 4.78 is 42.4. The van der Waals surface area contributed by atoms with Crippen LogP contribution in [0.15, 0.2) is 35.3 Å². The molecule has 0 aromatic carbocycles. The number of hydrogen-bond donors (Lipinski definition) is 1. The van der Waals surface area contributed by atoms with Crippen LogP contribution in [-0.4, -0.2) is 45.5 Å². The van der Waals surface area contributed by atoms with Crippen molar-refractivity contribution in [2.24, 2.45) is 0 Å². The zero-order chi connectivity index (χ0) is 16.6. The van der Waals surface area contributed by atoms with Gasteiger partial charge in [-0.3, -0.25) is 4.79 Å². The molecule has 0 bridgehead atoms. The molecule has 0 saturated heterocycles. The Labute approximate surface area is 127 Å². The molecule has 0 aliphatic rings. The minimum Gasteiger partial charge on any atom is -0.462 e. The number of rotatable bonds is 3. The second-order valence-corrected chi connectivity index (χ2v) is 4.94. The van der Waals surface area contributed by atoms with Crippen molar-refractivity contribution in [3.8, 4) is 11.5 Å². The lowest BCUT2D eigenvalue weighted by atomic mass is 10.2. The van der Waals surface area contributed by atoms with Crippen LogP contribution in [0.2, 0.25) is 0 Å². The number of H-pyrrole nitrogens is 1. The molecule has 3 heterocycles. The highest BCUT2D eigenvalue weighted by Gasteiger charge is 2.32. The highest BCUT2D eigenvalue weighted by molar-refractivity contribution is 5.96. The Morgan fingerprint density at radius 2 is 2.17 bits per heavy atom. The topological polar surface area (TPSA) is 75.0 Å². The molecule has 0 saturated carbocycles. The van der Waals surface area contributed by atoms with Crippen molar-refractivity contribution >= 4 is 16.9 Å². The van der Waals surface area contributed by atoms with Crippen LogP contribution < -0.4 is 0 Å². The van der Waals surface area contributed by atoms with E-state index in [1.54, 1.807) is 12.3 Å². The SMILES string of the molecule is CN(CC(F)(F)F)C(=O)c1coc(-c2ncnc3[nH]ccc23)c1. The molecule has 23 heavy (non-hydrogen) atoms. The van der Waals surface area contributed by atoms with Gasteiger partial charge < -0.3 is 14.3 Å². The summed E-state index contributed by atoms with van der Waals surface area (Å²) in [5, 5.41) is 0.685. The van der Waals surface area contributed by atoms with Gasteiger partial charge in [-0.2, -0.15) is 13.2 Å². The van der Waals surface area contributed by atoms with Crippen molar-refractivity contribution in [3.05, 3.63) is 36.5 Å². The van der Waals surface area contributed by atoms with Gasteiger partial charge in [-0.1, -0.05) is 0 Å². The summed E-state index contributed by atoms with van der Waals surface area (Å²) in [6.07, 6.45) is -0.338. The number of alkyl halides is 3. The van der Waals surface area contributed by atoms with Gasteiger partial charge in [0.2, 0.25) is 0 Å². The van der Waals surface area contributed by atoms with Crippen LogP contribution in [0, 0.1) is 0 Å². The predicted octanol–water partition coefficient (Wildman–Crippen LogP) is 2.85. The lowest BCUT2D eigenvalue weighted by Gasteiger charge is -2.17. The second-order valence-electron chi connectivity index (χ2n) is 4.94. The van der Waals surface area contributed by atoms with Crippen molar-refractivity contribution in [3.63, 3.8) is 0 Å². The van der Waals surface area contributed by atoms with Gasteiger partial charge in [0.05, 0.1) is 5.56 Å². The third-order valence-corrected chi connectivity index (χ3v) is 3.20. The average molecular weight is 324 g/mol. The summed E-state index contributed by atoms with van der Waals surface area (Å²) in [6, 6.07) is 3.11. The van der Waals surface area contributed by atoms with Crippen molar-refractivity contribution in [2.75, 3.05) is 13.6 Å². The van der Waals surface area contributed by atoms with Gasteiger partial charge in [-0.05, 0) is 12.1 Å². The number of carbonyl (C=O) groups is 1. The third-order valence-electron chi connectivity index (χ3n) is 3.20. The molecule has 0 spiro atoms. The Kier molecular flexibility index (Phi) is 3.55. The molecule has 1 amide bonds. The minimum absolute atomic E-state index is 0.0223. The van der Waals surface area contributed by atoms with E-state index in [0.717, 1.165) is 13.3 Å². The number of nitrogens with one attached hydrogen (secondary N) is 1. The number of fused-ring (bicyclic) bond motifs is 1. The maximum absolute atomic E-state index is 12.4. The largest absolute Gasteiger partial charge is 0.462 e. The fourth-order valence-electron chi connectivity index (χ4n) is 2.20. The van der Waals surface area contributed by atoms with Gasteiger partial charge in [-0.25, -0.2) is 9.97 Å². The summed E-state index contributed by atoms with van der Waals surface area (Å²) in [5.74, 6) is -0.502. The zero-order valence-electron chi connectivity index (χ0n) is 11.9. The normalized spacial score (nSPS) is 11.8. The average Bonchev–Trinajstić information content (AvgIpc) is 3.13. The van der Waals surface area contributed by atoms with Crippen LogP contribution in [0.3, 0.4) is 0 Å². The third kappa shape index (κ3) is 3.03. The molecule has 0 atom stereocenters. The number of amides is 1. The van der Waals surface area contributed by atoms with E-state index in [4.69, 9.17) is 4.42 Å². The number of halogens is 3. The fraction of sp³-hybridized carbons (Fsp3) is 0.214. The molecular formula is C14H11F3N4O2. The fourth-order valence-corrected chi connectivity index (χ4v) is 2.20. The highest BCUT2D eigenvalue weighted by Crippen LogP contribution is 2.27. The Morgan fingerprint density at radius 1 is 1.39 bits per heavy atom. The van der Waals surface area contributed by atoms with E-state index in [0.29, 0.717) is 21.6 Å². The molecule has 120 valence electrons. The maximum atomic E-state index is 12.4. The number of carbonyl (C=O) groups excluding carboxylic acids is 1. The molecule has 3 rings (SSSR count). The predicted molar refractivity (Wildman–Crippen MR) is 74.6 cm³/mol. The Hall–Kier alpha value is -2.84. The number of aromatic nitrogens is 3. The summed E-state index contributed by atoms with van der Waals surface area (Å²) in [4.78, 5) is 23.6. The van der Waals surface area contributed by atoms with Crippen LogP contribution in [0.1, 0.15) is 10.4 Å². The van der Waals surface area contributed by atoms with E-state index in [2.05, 4.69) is 15.0 Å². The van der Waals surface area contributed by atoms with E-state index in [1.807, 2.05) is 0 Å². The van der Waals surface area contributed by atoms with E-state index in [1.165, 1.54) is 12.4 Å². The first kappa shape index (κ1) is 15.1. The van der Waals surface area contributed by atoms with Crippen LogP contribution in [0.25, 0.3) is 22.5 Å². The molecule has 3 aromatic rings. The summed E-state index contributed by atoms with van der Waals surface area (Å²) in [7, 11) is 1.08. The van der Waals surface area contributed by atoms with Gasteiger partial charge in [0, 0.05) is 18.6 Å². The molecular weight excluding hydrogens is 313 g/mol. The van der Waals surface area contributed by atoms with Crippen molar-refractivity contribution in [1.29, 1.82) is 0 Å². The van der Waals surface area contributed by atoms with Crippen LogP contribution in [0.4, 0.5) is 13.2 Å². The molecule has 0 radical (unpaired) electrons. The molecule has 0 fully saturated rings. The quantitative estimate of drug-likeness (QED) is 0.804. The maximum Gasteiger partial charge on any atom is 0.406 e. The molecule has 9 heteroatoms. The molecule has 0 aliphatic heterocycles. The Bertz CT molecular complexity index is 853. The lowest BCUT2D eigenvalue weighted by molar-refractivity contribution is -0.138. The first-order chi connectivity index (χ1) is 10.8. The molecule has 1 N–H and O–H groups in total. The number of nitrogens with zero attached hydrogens (tertiary/aromatic N) is 3. The monoisotopic (exact) mass is 324 g/mol. The van der Waals surface area contributed by atoms with Gasteiger partial charge in [0.25, 0.3) is 5.91 Å². The molecule has 3 aromatic heterocycles.